The number of alkyl halides is 1. The highest BCUT2D eigenvalue weighted by Crippen LogP contribution is 3.00. The van der Waals surface area contributed by atoms with E-state index in [1.54, 1.807) is 0 Å². The topological polar surface area (TPSA) is 44.5 Å². The van der Waals surface area contributed by atoms with E-state index in [-0.39, 0.29) is 15.7 Å². The van der Waals surface area contributed by atoms with Crippen LogP contribution in [0, 0.1) is 35.5 Å². The largest absolute Gasteiger partial charge is 0.346 e. The lowest BCUT2D eigenvalue weighted by Crippen LogP contribution is -2.99. The third-order valence-electron chi connectivity index (χ3n) is 6.71. The molecule has 0 aromatic rings. The van der Waals surface area contributed by atoms with Crippen LogP contribution in [-0.2, 0) is 9.47 Å². The van der Waals surface area contributed by atoms with E-state index in [2.05, 4.69) is 15.9 Å². The van der Waals surface area contributed by atoms with E-state index >= 15 is 0 Å². The maximum atomic E-state index is 6.46. The Morgan fingerprint density at radius 3 is 2.00 bits per heavy atom. The molecule has 3 nitrogen and oxygen atoms in total. The van der Waals surface area contributed by atoms with Crippen molar-refractivity contribution in [2.45, 2.75) is 15.7 Å². The lowest BCUT2D eigenvalue weighted by atomic mass is 9.16. The molecule has 1 saturated heterocycles. The second-order valence-corrected chi connectivity index (χ2v) is 7.60. The summed E-state index contributed by atoms with van der Waals surface area (Å²) in [5.74, 6) is 4.08. The molecule has 6 saturated carbocycles. The summed E-state index contributed by atoms with van der Waals surface area (Å²) in [6.07, 6.45) is 0. The van der Waals surface area contributed by atoms with Gasteiger partial charge in [0.25, 0.3) is 0 Å². The molecule has 4 unspecified atom stereocenters. The van der Waals surface area contributed by atoms with Crippen molar-refractivity contribution < 1.29 is 9.47 Å². The molecule has 0 amide bonds. The molecule has 1 heterocycles. The molecular weight excluding hydrogens is 258 g/mol. The molecule has 7 aliphatic rings. The Morgan fingerprint density at radius 1 is 0.933 bits per heavy atom. The maximum absolute atomic E-state index is 6.46. The summed E-state index contributed by atoms with van der Waals surface area (Å²) in [5.41, 5.74) is 6.68. The van der Waals surface area contributed by atoms with Gasteiger partial charge < -0.3 is 15.2 Å². The number of ether oxygens (including phenoxy) is 2. The molecule has 0 aromatic carbocycles. The summed E-state index contributed by atoms with van der Waals surface area (Å²) in [6.45, 7) is 1.54. The predicted octanol–water partition coefficient (Wildman–Crippen LogP) is 0.326. The van der Waals surface area contributed by atoms with Crippen LogP contribution in [-0.4, -0.2) is 28.9 Å². The van der Waals surface area contributed by atoms with E-state index in [9.17, 15) is 0 Å². The first-order chi connectivity index (χ1) is 7.19. The fourth-order valence-electron chi connectivity index (χ4n) is 6.70. The normalized spacial score (nSPS) is 82.0. The lowest BCUT2D eigenvalue weighted by Gasteiger charge is -2.90. The quantitative estimate of drug-likeness (QED) is 0.645. The Balaban J connectivity index is 1.65. The van der Waals surface area contributed by atoms with E-state index in [4.69, 9.17) is 15.2 Å². The van der Waals surface area contributed by atoms with Crippen molar-refractivity contribution in [3.8, 4) is 0 Å². The van der Waals surface area contributed by atoms with Crippen LogP contribution < -0.4 is 5.73 Å². The van der Waals surface area contributed by atoms with Crippen molar-refractivity contribution in [2.75, 3.05) is 13.2 Å². The minimum atomic E-state index is -0.270. The molecule has 80 valence electrons. The number of hydrogen-bond donors (Lipinski definition) is 1. The molecule has 0 radical (unpaired) electrons. The van der Waals surface area contributed by atoms with Gasteiger partial charge in [-0.1, -0.05) is 15.9 Å². The molecule has 8 atom stereocenters. The number of halogens is 1. The highest BCUT2D eigenvalue weighted by Gasteiger charge is 3.08. The van der Waals surface area contributed by atoms with Gasteiger partial charge >= 0.3 is 0 Å². The fraction of sp³-hybridized carbons (Fsp3) is 1.00. The zero-order valence-corrected chi connectivity index (χ0v) is 9.74. The van der Waals surface area contributed by atoms with Gasteiger partial charge in [0.2, 0.25) is 0 Å². The zero-order valence-electron chi connectivity index (χ0n) is 8.15. The molecule has 0 aromatic heterocycles. The van der Waals surface area contributed by atoms with Gasteiger partial charge in [0, 0.05) is 11.5 Å². The minimum Gasteiger partial charge on any atom is -0.346 e. The van der Waals surface area contributed by atoms with Gasteiger partial charge in [0.1, 0.15) is 0 Å². The molecule has 2 bridgehead atoms. The van der Waals surface area contributed by atoms with Gasteiger partial charge in [-0.25, -0.2) is 0 Å². The van der Waals surface area contributed by atoms with Gasteiger partial charge in [0.15, 0.2) is 5.79 Å². The summed E-state index contributed by atoms with van der Waals surface area (Å²) < 4.78 is 12.2. The molecule has 1 spiro atoms. The van der Waals surface area contributed by atoms with Crippen molar-refractivity contribution in [1.82, 2.24) is 0 Å². The highest BCUT2D eigenvalue weighted by molar-refractivity contribution is 9.10. The molecule has 7 rings (SSSR count). The Labute approximate surface area is 95.8 Å². The number of rotatable bonds is 0. The summed E-state index contributed by atoms with van der Waals surface area (Å²) in [5, 5.41) is 0. The van der Waals surface area contributed by atoms with Crippen LogP contribution in [0.25, 0.3) is 0 Å². The summed E-state index contributed by atoms with van der Waals surface area (Å²) in [6, 6.07) is 0. The second-order valence-electron chi connectivity index (χ2n) is 6.29. The maximum Gasteiger partial charge on any atom is 0.187 e. The molecule has 4 heteroatoms. The Hall–Kier alpha value is 0.360. The highest BCUT2D eigenvalue weighted by atomic mass is 79.9. The number of hydrogen-bond acceptors (Lipinski definition) is 3. The van der Waals surface area contributed by atoms with Crippen LogP contribution in [0.5, 0.6) is 0 Å². The first-order valence-corrected chi connectivity index (χ1v) is 6.74. The molecule has 15 heavy (non-hydrogen) atoms. The van der Waals surface area contributed by atoms with E-state index in [0.717, 1.165) is 31.0 Å². The van der Waals surface area contributed by atoms with Crippen LogP contribution >= 0.6 is 15.9 Å². The molecule has 7 fully saturated rings. The Morgan fingerprint density at radius 2 is 1.47 bits per heavy atom. The van der Waals surface area contributed by atoms with Crippen molar-refractivity contribution in [2.24, 2.45) is 41.2 Å². The van der Waals surface area contributed by atoms with E-state index in [1.807, 2.05) is 0 Å². The fourth-order valence-corrected chi connectivity index (χ4v) is 8.33. The standard InChI is InChI=1S/C11H12BrNO2/c12-10-6-3-7(10)5-8(4(6)9(3,5)13)11(10)14-1-2-15-11/h3-8H,1-2,13H2/t3?,4-,5+,6-,7-,8?,9?,10?/m0/s1. The first kappa shape index (κ1) is 7.64. The summed E-state index contributed by atoms with van der Waals surface area (Å²) >= 11 is 3.99. The third kappa shape index (κ3) is 0.357. The molecule has 1 aliphatic heterocycles. The average molecular weight is 270 g/mol. The number of nitrogens with two attached hydrogens (primary N) is 1. The van der Waals surface area contributed by atoms with Crippen LogP contribution in [0.4, 0.5) is 0 Å². The van der Waals surface area contributed by atoms with Crippen molar-refractivity contribution >= 4 is 15.9 Å². The zero-order chi connectivity index (χ0) is 9.79. The second kappa shape index (κ2) is 1.57. The van der Waals surface area contributed by atoms with Gasteiger partial charge in [-0.05, 0) is 29.6 Å². The van der Waals surface area contributed by atoms with Crippen LogP contribution in [0.1, 0.15) is 0 Å². The van der Waals surface area contributed by atoms with Crippen LogP contribution in [0.15, 0.2) is 0 Å². The van der Waals surface area contributed by atoms with E-state index < -0.39 is 0 Å². The van der Waals surface area contributed by atoms with E-state index in [1.165, 1.54) is 0 Å². The van der Waals surface area contributed by atoms with Gasteiger partial charge in [-0.2, -0.15) is 0 Å². The molecular formula is C11H12BrNO2. The lowest BCUT2D eigenvalue weighted by molar-refractivity contribution is -0.381. The van der Waals surface area contributed by atoms with Crippen LogP contribution in [0.3, 0.4) is 0 Å². The van der Waals surface area contributed by atoms with Crippen molar-refractivity contribution in [3.05, 3.63) is 0 Å². The van der Waals surface area contributed by atoms with Gasteiger partial charge in [0.05, 0.1) is 17.5 Å². The van der Waals surface area contributed by atoms with Gasteiger partial charge in [-0.15, -0.1) is 0 Å². The monoisotopic (exact) mass is 269 g/mol. The van der Waals surface area contributed by atoms with Crippen LogP contribution in [0.2, 0.25) is 0 Å². The summed E-state index contributed by atoms with van der Waals surface area (Å²) in [7, 11) is 0. The average Bonchev–Trinajstić information content (AvgIpc) is 2.78. The first-order valence-electron chi connectivity index (χ1n) is 5.95. The minimum absolute atomic E-state index is 0.155. The smallest absolute Gasteiger partial charge is 0.187 e. The molecule has 6 aliphatic carbocycles. The van der Waals surface area contributed by atoms with Gasteiger partial charge in [-0.3, -0.25) is 0 Å². The Kier molecular flexibility index (Phi) is 0.802. The van der Waals surface area contributed by atoms with Crippen molar-refractivity contribution in [3.63, 3.8) is 0 Å². The van der Waals surface area contributed by atoms with E-state index in [0.29, 0.717) is 17.8 Å². The predicted molar refractivity (Wildman–Crippen MR) is 54.2 cm³/mol. The van der Waals surface area contributed by atoms with Crippen molar-refractivity contribution in [1.29, 1.82) is 0 Å². The third-order valence-corrected chi connectivity index (χ3v) is 8.32. The molecule has 2 N–H and O–H groups in total. The Bertz CT molecular complexity index is 412. The SMILES string of the molecule is NC12C3[C@H]4[C@H]1C1[C@H]2[C@H]3C4(Br)C12OCCO2. The summed E-state index contributed by atoms with van der Waals surface area (Å²) in [4.78, 5) is 0.